The number of nitrogens with zero attached hydrogens (tertiary/aromatic N) is 3. The number of aromatic nitrogens is 3. The fourth-order valence-corrected chi connectivity index (χ4v) is 3.48. The Bertz CT molecular complexity index is 1060. The van der Waals surface area contributed by atoms with E-state index in [0.29, 0.717) is 6.61 Å². The van der Waals surface area contributed by atoms with Crippen LogP contribution in [0.1, 0.15) is 5.01 Å². The molecule has 0 fully saturated rings. The van der Waals surface area contributed by atoms with Crippen LogP contribution in [-0.4, -0.2) is 22.1 Å². The number of hydrogen-bond acceptors (Lipinski definition) is 7. The van der Waals surface area contributed by atoms with Gasteiger partial charge in [0.05, 0.1) is 23.0 Å². The molecule has 2 aromatic heterocycles. The Morgan fingerprint density at radius 3 is 2.77 bits per heavy atom. The molecule has 0 aliphatic rings. The third-order valence-electron chi connectivity index (χ3n) is 3.81. The van der Waals surface area contributed by atoms with Crippen LogP contribution in [0.3, 0.4) is 0 Å². The van der Waals surface area contributed by atoms with Crippen molar-refractivity contribution in [3.05, 3.63) is 59.7 Å². The largest absolute Gasteiger partial charge is 0.497 e. The van der Waals surface area contributed by atoms with Crippen LogP contribution in [0.25, 0.3) is 21.5 Å². The molecule has 7 heteroatoms. The second-order valence-corrected chi connectivity index (χ2v) is 6.67. The van der Waals surface area contributed by atoms with E-state index in [9.17, 15) is 0 Å². The van der Waals surface area contributed by atoms with Crippen LogP contribution in [-0.2, 0) is 6.61 Å². The van der Waals surface area contributed by atoms with Crippen molar-refractivity contribution in [3.8, 4) is 22.8 Å². The summed E-state index contributed by atoms with van der Waals surface area (Å²) in [5, 5.41) is 0.905. The van der Waals surface area contributed by atoms with Crippen LogP contribution >= 0.6 is 11.3 Å². The zero-order valence-corrected chi connectivity index (χ0v) is 14.9. The summed E-state index contributed by atoms with van der Waals surface area (Å²) >= 11 is 1.60. The van der Waals surface area contributed by atoms with E-state index >= 15 is 0 Å². The highest BCUT2D eigenvalue weighted by Crippen LogP contribution is 2.28. The van der Waals surface area contributed by atoms with Crippen LogP contribution in [0.2, 0.25) is 0 Å². The highest BCUT2D eigenvalue weighted by atomic mass is 32.1. The normalized spacial score (nSPS) is 10.8. The zero-order valence-electron chi connectivity index (χ0n) is 14.0. The number of methoxy groups -OCH3 is 1. The van der Waals surface area contributed by atoms with E-state index in [1.165, 1.54) is 0 Å². The van der Waals surface area contributed by atoms with Crippen molar-refractivity contribution in [3.63, 3.8) is 0 Å². The SMILES string of the molecule is COc1cccc(OCc2nc3ccc(-c4ccnc(N)n4)cc3s2)c1. The van der Waals surface area contributed by atoms with Crippen molar-refractivity contribution in [1.29, 1.82) is 0 Å². The third-order valence-corrected chi connectivity index (χ3v) is 4.80. The average Bonchev–Trinajstić information content (AvgIpc) is 3.08. The molecule has 26 heavy (non-hydrogen) atoms. The van der Waals surface area contributed by atoms with Gasteiger partial charge in [-0.25, -0.2) is 15.0 Å². The van der Waals surface area contributed by atoms with E-state index in [2.05, 4.69) is 21.0 Å². The molecular formula is C19H16N4O2S. The van der Waals surface area contributed by atoms with Gasteiger partial charge < -0.3 is 15.2 Å². The van der Waals surface area contributed by atoms with Crippen molar-refractivity contribution in [1.82, 2.24) is 15.0 Å². The molecule has 0 spiro atoms. The first-order valence-corrected chi connectivity index (χ1v) is 8.78. The second kappa shape index (κ2) is 6.97. The number of benzene rings is 2. The molecule has 0 atom stereocenters. The van der Waals surface area contributed by atoms with Gasteiger partial charge in [-0.3, -0.25) is 0 Å². The van der Waals surface area contributed by atoms with E-state index in [4.69, 9.17) is 15.2 Å². The van der Waals surface area contributed by atoms with Gasteiger partial charge in [0.2, 0.25) is 5.95 Å². The molecule has 0 saturated carbocycles. The minimum absolute atomic E-state index is 0.263. The predicted octanol–water partition coefficient (Wildman–Crippen LogP) is 3.92. The van der Waals surface area contributed by atoms with Crippen molar-refractivity contribution in [2.75, 3.05) is 12.8 Å². The molecule has 2 N–H and O–H groups in total. The van der Waals surface area contributed by atoms with Crippen LogP contribution in [0.15, 0.2) is 54.7 Å². The highest BCUT2D eigenvalue weighted by molar-refractivity contribution is 7.18. The lowest BCUT2D eigenvalue weighted by molar-refractivity contribution is 0.303. The first kappa shape index (κ1) is 16.3. The van der Waals surface area contributed by atoms with Crippen LogP contribution in [0, 0.1) is 0 Å². The number of fused-ring (bicyclic) bond motifs is 1. The molecule has 0 aliphatic heterocycles. The molecule has 0 radical (unpaired) electrons. The van der Waals surface area contributed by atoms with Gasteiger partial charge in [-0.2, -0.15) is 0 Å². The lowest BCUT2D eigenvalue weighted by atomic mass is 10.1. The molecule has 4 aromatic rings. The minimum atomic E-state index is 0.263. The van der Waals surface area contributed by atoms with Crippen molar-refractivity contribution >= 4 is 27.5 Å². The monoisotopic (exact) mass is 364 g/mol. The van der Waals surface area contributed by atoms with Crippen LogP contribution in [0.4, 0.5) is 5.95 Å². The van der Waals surface area contributed by atoms with E-state index in [1.807, 2.05) is 42.5 Å². The Labute approximate surface area is 154 Å². The smallest absolute Gasteiger partial charge is 0.220 e. The van der Waals surface area contributed by atoms with Gasteiger partial charge in [0.1, 0.15) is 23.1 Å². The summed E-state index contributed by atoms with van der Waals surface area (Å²) in [4.78, 5) is 12.8. The first-order valence-electron chi connectivity index (χ1n) is 7.96. The lowest BCUT2D eigenvalue weighted by Gasteiger charge is -2.05. The molecular weight excluding hydrogens is 348 g/mol. The number of rotatable bonds is 5. The molecule has 6 nitrogen and oxygen atoms in total. The number of ether oxygens (including phenoxy) is 2. The Kier molecular flexibility index (Phi) is 4.37. The van der Waals surface area contributed by atoms with Gasteiger partial charge in [0.25, 0.3) is 0 Å². The zero-order chi connectivity index (χ0) is 17.9. The first-order chi connectivity index (χ1) is 12.7. The standard InChI is InChI=1S/C19H16N4O2S/c1-24-13-3-2-4-14(10-13)25-11-18-22-16-6-5-12(9-17(16)26-18)15-7-8-21-19(20)23-15/h2-10H,11H2,1H3,(H2,20,21,23). The summed E-state index contributed by atoms with van der Waals surface area (Å²) in [6.45, 7) is 0.405. The van der Waals surface area contributed by atoms with Crippen molar-refractivity contribution < 1.29 is 9.47 Å². The molecule has 2 aromatic carbocycles. The Hall–Kier alpha value is -3.19. The van der Waals surface area contributed by atoms with Gasteiger partial charge in [-0.05, 0) is 30.3 Å². The molecule has 0 aliphatic carbocycles. The third kappa shape index (κ3) is 3.43. The number of nitrogens with two attached hydrogens (primary N) is 1. The molecule has 0 unspecified atom stereocenters. The summed E-state index contributed by atoms with van der Waals surface area (Å²) in [6, 6.07) is 15.4. The van der Waals surface area contributed by atoms with Gasteiger partial charge in [0, 0.05) is 17.8 Å². The Balaban J connectivity index is 1.55. The second-order valence-electron chi connectivity index (χ2n) is 5.56. The number of nitrogen functional groups attached to an aromatic ring is 1. The summed E-state index contributed by atoms with van der Waals surface area (Å²) < 4.78 is 12.1. The van der Waals surface area contributed by atoms with E-state index in [1.54, 1.807) is 24.6 Å². The Morgan fingerprint density at radius 1 is 1.04 bits per heavy atom. The van der Waals surface area contributed by atoms with Gasteiger partial charge >= 0.3 is 0 Å². The highest BCUT2D eigenvalue weighted by Gasteiger charge is 2.08. The topological polar surface area (TPSA) is 83.2 Å². The molecule has 4 rings (SSSR count). The van der Waals surface area contributed by atoms with E-state index in [0.717, 1.165) is 38.0 Å². The number of hydrogen-bond donors (Lipinski definition) is 1. The summed E-state index contributed by atoms with van der Waals surface area (Å²) in [5.41, 5.74) is 8.38. The maximum absolute atomic E-state index is 5.83. The molecule has 2 heterocycles. The summed E-state index contributed by atoms with van der Waals surface area (Å²) in [5.74, 6) is 1.78. The van der Waals surface area contributed by atoms with E-state index < -0.39 is 0 Å². The predicted molar refractivity (Wildman–Crippen MR) is 102 cm³/mol. The molecule has 130 valence electrons. The van der Waals surface area contributed by atoms with Gasteiger partial charge in [-0.15, -0.1) is 11.3 Å². The fraction of sp³-hybridized carbons (Fsp3) is 0.105. The van der Waals surface area contributed by atoms with Crippen LogP contribution < -0.4 is 15.2 Å². The molecule has 0 amide bonds. The van der Waals surface area contributed by atoms with E-state index in [-0.39, 0.29) is 5.95 Å². The quantitative estimate of drug-likeness (QED) is 0.578. The van der Waals surface area contributed by atoms with Crippen LogP contribution in [0.5, 0.6) is 11.5 Å². The maximum atomic E-state index is 5.83. The molecule has 0 bridgehead atoms. The van der Waals surface area contributed by atoms with Crippen molar-refractivity contribution in [2.24, 2.45) is 0 Å². The number of anilines is 1. The Morgan fingerprint density at radius 2 is 1.92 bits per heavy atom. The fourth-order valence-electron chi connectivity index (χ4n) is 2.56. The van der Waals surface area contributed by atoms with Crippen molar-refractivity contribution in [2.45, 2.75) is 6.61 Å². The summed E-state index contributed by atoms with van der Waals surface area (Å²) in [6.07, 6.45) is 1.65. The van der Waals surface area contributed by atoms with Gasteiger partial charge in [0.15, 0.2) is 0 Å². The molecule has 0 saturated heterocycles. The minimum Gasteiger partial charge on any atom is -0.497 e. The number of thiazole rings is 1. The van der Waals surface area contributed by atoms with Gasteiger partial charge in [-0.1, -0.05) is 12.1 Å². The lowest BCUT2D eigenvalue weighted by Crippen LogP contribution is -1.95. The summed E-state index contributed by atoms with van der Waals surface area (Å²) in [7, 11) is 1.63. The maximum Gasteiger partial charge on any atom is 0.220 e. The average molecular weight is 364 g/mol.